The molecule has 2 aromatic rings. The van der Waals surface area contributed by atoms with Gasteiger partial charge in [-0.1, -0.05) is 48.0 Å². The van der Waals surface area contributed by atoms with Crippen LogP contribution in [0.25, 0.3) is 0 Å². The quantitative estimate of drug-likeness (QED) is 0.726. The van der Waals surface area contributed by atoms with Crippen LogP contribution >= 0.6 is 15.9 Å². The minimum atomic E-state index is -0.305. The molecule has 2 heterocycles. The van der Waals surface area contributed by atoms with Crippen LogP contribution in [0.15, 0.2) is 53.0 Å². The van der Waals surface area contributed by atoms with E-state index in [0.717, 1.165) is 28.7 Å². The maximum atomic E-state index is 13.0. The van der Waals surface area contributed by atoms with Crippen LogP contribution in [0.3, 0.4) is 0 Å². The summed E-state index contributed by atoms with van der Waals surface area (Å²) in [5.74, 6) is 0.208. The van der Waals surface area contributed by atoms with Gasteiger partial charge in [0.15, 0.2) is 0 Å². The van der Waals surface area contributed by atoms with Gasteiger partial charge in [0.2, 0.25) is 5.91 Å². The first kappa shape index (κ1) is 14.8. The van der Waals surface area contributed by atoms with Gasteiger partial charge >= 0.3 is 0 Å². The lowest BCUT2D eigenvalue weighted by atomic mass is 9.88. The highest BCUT2D eigenvalue weighted by Gasteiger charge is 2.50. The fourth-order valence-corrected chi connectivity index (χ4v) is 4.02. The summed E-state index contributed by atoms with van der Waals surface area (Å²) in [6, 6.07) is 16.8. The molecule has 2 aliphatic heterocycles. The Bertz CT molecular complexity index is 769. The number of hydrogen-bond donors (Lipinski definition) is 0. The Morgan fingerprint density at radius 1 is 1.09 bits per heavy atom. The molecule has 0 N–H and O–H groups in total. The Kier molecular flexibility index (Phi) is 3.27. The largest absolute Gasteiger partial charge is 0.272 e. The smallest absolute Gasteiger partial charge is 0.247 e. The lowest BCUT2D eigenvalue weighted by Gasteiger charge is -2.43. The van der Waals surface area contributed by atoms with Crippen LogP contribution in [-0.4, -0.2) is 17.0 Å². The lowest BCUT2D eigenvalue weighted by molar-refractivity contribution is -0.135. The van der Waals surface area contributed by atoms with Gasteiger partial charge in [-0.05, 0) is 48.7 Å². The molecule has 1 saturated heterocycles. The van der Waals surface area contributed by atoms with Crippen molar-refractivity contribution in [3.05, 3.63) is 58.6 Å². The number of nitrogens with zero attached hydrogens (tertiary/aromatic N) is 2. The average molecular weight is 371 g/mol. The molecule has 0 spiro atoms. The average Bonchev–Trinajstić information content (AvgIpc) is 2.75. The maximum absolute atomic E-state index is 13.0. The maximum Gasteiger partial charge on any atom is 0.247 e. The molecule has 0 saturated carbocycles. The number of benzene rings is 2. The summed E-state index contributed by atoms with van der Waals surface area (Å²) in [4.78, 5) is 13.0. The first-order valence-electron chi connectivity index (χ1n) is 7.94. The number of anilines is 2. The lowest BCUT2D eigenvalue weighted by Crippen LogP contribution is -2.50. The Morgan fingerprint density at radius 2 is 1.78 bits per heavy atom. The van der Waals surface area contributed by atoms with Crippen molar-refractivity contribution in [2.24, 2.45) is 5.41 Å². The van der Waals surface area contributed by atoms with Crippen LogP contribution in [0.1, 0.15) is 25.8 Å². The summed E-state index contributed by atoms with van der Waals surface area (Å²) in [6.45, 7) is 4.11. The molecule has 2 aromatic carbocycles. The highest BCUT2D eigenvalue weighted by atomic mass is 79.9. The summed E-state index contributed by atoms with van der Waals surface area (Å²) in [7, 11) is 0. The van der Waals surface area contributed by atoms with E-state index in [1.54, 1.807) is 0 Å². The second kappa shape index (κ2) is 5.10. The fraction of sp³-hybridized carbons (Fsp3) is 0.316. The van der Waals surface area contributed by atoms with E-state index in [1.807, 2.05) is 23.2 Å². The SMILES string of the molecule is CC1(C)CC2Cc3ccccc3N(c3ccc(Br)cc3)N2C1=O. The van der Waals surface area contributed by atoms with Crippen molar-refractivity contribution in [3.63, 3.8) is 0 Å². The summed E-state index contributed by atoms with van der Waals surface area (Å²) in [5.41, 5.74) is 3.14. The molecule has 0 aromatic heterocycles. The molecular formula is C19H19BrN2O. The van der Waals surface area contributed by atoms with Gasteiger partial charge in [-0.25, -0.2) is 5.01 Å². The zero-order valence-electron chi connectivity index (χ0n) is 13.3. The predicted molar refractivity (Wildman–Crippen MR) is 95.5 cm³/mol. The van der Waals surface area contributed by atoms with Crippen molar-refractivity contribution in [2.75, 3.05) is 5.01 Å². The van der Waals surface area contributed by atoms with Crippen LogP contribution in [-0.2, 0) is 11.2 Å². The second-order valence-corrected chi connectivity index (χ2v) is 7.93. The highest BCUT2D eigenvalue weighted by molar-refractivity contribution is 9.10. The van der Waals surface area contributed by atoms with Crippen molar-refractivity contribution >= 4 is 33.2 Å². The molecule has 1 unspecified atom stereocenters. The summed E-state index contributed by atoms with van der Waals surface area (Å²) in [5, 5.41) is 4.08. The van der Waals surface area contributed by atoms with Gasteiger partial charge in [0.05, 0.1) is 17.4 Å². The molecule has 0 radical (unpaired) electrons. The second-order valence-electron chi connectivity index (χ2n) is 7.01. The van der Waals surface area contributed by atoms with Crippen molar-refractivity contribution in [3.8, 4) is 0 Å². The molecule has 4 rings (SSSR count). The third-order valence-electron chi connectivity index (χ3n) is 4.84. The fourth-order valence-electron chi connectivity index (χ4n) is 3.76. The zero-order chi connectivity index (χ0) is 16.2. The molecule has 2 aliphatic rings. The van der Waals surface area contributed by atoms with Crippen molar-refractivity contribution in [1.82, 2.24) is 5.01 Å². The van der Waals surface area contributed by atoms with E-state index in [1.165, 1.54) is 5.56 Å². The number of carbonyl (C=O) groups is 1. The standard InChI is InChI=1S/C19H19BrN2O/c1-19(2)12-16-11-13-5-3-4-6-17(13)21(22(16)18(19)23)15-9-7-14(20)8-10-15/h3-10,16H,11-12H2,1-2H3. The van der Waals surface area contributed by atoms with E-state index < -0.39 is 0 Å². The number of rotatable bonds is 1. The van der Waals surface area contributed by atoms with E-state index in [4.69, 9.17) is 0 Å². The van der Waals surface area contributed by atoms with Crippen LogP contribution in [0.4, 0.5) is 11.4 Å². The summed E-state index contributed by atoms with van der Waals surface area (Å²) < 4.78 is 1.04. The van der Waals surface area contributed by atoms with E-state index >= 15 is 0 Å². The molecule has 3 nitrogen and oxygen atoms in total. The van der Waals surface area contributed by atoms with E-state index in [9.17, 15) is 4.79 Å². The summed E-state index contributed by atoms with van der Waals surface area (Å²) in [6.07, 6.45) is 1.82. The van der Waals surface area contributed by atoms with Gasteiger partial charge in [0, 0.05) is 9.89 Å². The topological polar surface area (TPSA) is 23.6 Å². The number of carbonyl (C=O) groups excluding carboxylic acids is 1. The first-order chi connectivity index (χ1) is 11.0. The number of hydrogen-bond acceptors (Lipinski definition) is 2. The van der Waals surface area contributed by atoms with Crippen LogP contribution < -0.4 is 5.01 Å². The number of para-hydroxylation sites is 1. The Hall–Kier alpha value is -1.81. The molecular weight excluding hydrogens is 352 g/mol. The highest BCUT2D eigenvalue weighted by Crippen LogP contribution is 2.46. The predicted octanol–water partition coefficient (Wildman–Crippen LogP) is 4.69. The zero-order valence-corrected chi connectivity index (χ0v) is 14.9. The number of amides is 1. The Balaban J connectivity index is 1.88. The molecule has 1 amide bonds. The molecule has 0 aliphatic carbocycles. The van der Waals surface area contributed by atoms with E-state index in [-0.39, 0.29) is 17.4 Å². The Labute approximate surface area is 145 Å². The van der Waals surface area contributed by atoms with Gasteiger partial charge in [0.1, 0.15) is 0 Å². The monoisotopic (exact) mass is 370 g/mol. The van der Waals surface area contributed by atoms with Crippen LogP contribution in [0.2, 0.25) is 0 Å². The van der Waals surface area contributed by atoms with Gasteiger partial charge in [-0.3, -0.25) is 9.80 Å². The summed E-state index contributed by atoms with van der Waals surface area (Å²) >= 11 is 3.49. The minimum absolute atomic E-state index is 0.208. The van der Waals surface area contributed by atoms with Crippen molar-refractivity contribution < 1.29 is 4.79 Å². The van der Waals surface area contributed by atoms with Crippen molar-refractivity contribution in [1.29, 1.82) is 0 Å². The van der Waals surface area contributed by atoms with E-state index in [0.29, 0.717) is 0 Å². The van der Waals surface area contributed by atoms with E-state index in [2.05, 4.69) is 65.1 Å². The number of hydrazine groups is 1. The molecule has 1 atom stereocenters. The van der Waals surface area contributed by atoms with Crippen LogP contribution in [0.5, 0.6) is 0 Å². The number of fused-ring (bicyclic) bond motifs is 2. The Morgan fingerprint density at radius 3 is 2.52 bits per heavy atom. The third-order valence-corrected chi connectivity index (χ3v) is 5.37. The molecule has 0 bridgehead atoms. The van der Waals surface area contributed by atoms with Crippen molar-refractivity contribution in [2.45, 2.75) is 32.7 Å². The van der Waals surface area contributed by atoms with Gasteiger partial charge in [-0.2, -0.15) is 0 Å². The van der Waals surface area contributed by atoms with Gasteiger partial charge < -0.3 is 0 Å². The normalized spacial score (nSPS) is 22.0. The van der Waals surface area contributed by atoms with Crippen LogP contribution in [0, 0.1) is 5.41 Å². The minimum Gasteiger partial charge on any atom is -0.272 e. The third kappa shape index (κ3) is 2.27. The van der Waals surface area contributed by atoms with Gasteiger partial charge in [-0.15, -0.1) is 0 Å². The number of halogens is 1. The molecule has 1 fully saturated rings. The first-order valence-corrected chi connectivity index (χ1v) is 8.74. The molecule has 118 valence electrons. The molecule has 4 heteroatoms. The van der Waals surface area contributed by atoms with Gasteiger partial charge in [0.25, 0.3) is 0 Å². The molecule has 23 heavy (non-hydrogen) atoms.